The summed E-state index contributed by atoms with van der Waals surface area (Å²) in [5.41, 5.74) is 2.30. The minimum absolute atomic E-state index is 0.174. The normalized spacial score (nSPS) is 26.7. The highest BCUT2D eigenvalue weighted by Crippen LogP contribution is 2.54. The number of rotatable bonds is 10. The summed E-state index contributed by atoms with van der Waals surface area (Å²) in [7, 11) is 0. The van der Waals surface area contributed by atoms with Crippen LogP contribution in [0, 0.1) is 11.8 Å². The lowest BCUT2D eigenvalue weighted by atomic mass is 9.77. The van der Waals surface area contributed by atoms with Crippen molar-refractivity contribution in [2.45, 2.75) is 50.6 Å². The molecule has 3 aromatic rings. The van der Waals surface area contributed by atoms with Gasteiger partial charge in [-0.1, -0.05) is 85.0 Å². The predicted molar refractivity (Wildman–Crippen MR) is 189 cm³/mol. The van der Waals surface area contributed by atoms with Crippen LogP contribution in [-0.4, -0.2) is 89.2 Å². The van der Waals surface area contributed by atoms with Gasteiger partial charge in [-0.2, -0.15) is 0 Å². The fraction of sp³-hybridized carbons (Fsp3) is 0.375. The lowest BCUT2D eigenvalue weighted by Gasteiger charge is -2.38. The summed E-state index contributed by atoms with van der Waals surface area (Å²) in [4.78, 5) is 51.7. The molecule has 4 aliphatic heterocycles. The minimum Gasteiger partial charge on any atom is -0.394 e. The third-order valence-electron chi connectivity index (χ3n) is 10.6. The number of amides is 3. The van der Waals surface area contributed by atoms with E-state index in [4.69, 9.17) is 4.74 Å². The van der Waals surface area contributed by atoms with E-state index in [0.717, 1.165) is 29.9 Å². The molecule has 49 heavy (non-hydrogen) atoms. The van der Waals surface area contributed by atoms with Crippen molar-refractivity contribution in [2.75, 3.05) is 42.6 Å². The molecule has 4 heterocycles. The van der Waals surface area contributed by atoms with Crippen molar-refractivity contribution in [1.29, 1.82) is 0 Å². The lowest BCUT2D eigenvalue weighted by molar-refractivity contribution is -0.147. The van der Waals surface area contributed by atoms with Gasteiger partial charge in [-0.15, -0.1) is 0 Å². The Morgan fingerprint density at radius 2 is 1.51 bits per heavy atom. The Labute approximate surface area is 288 Å². The molecule has 254 valence electrons. The molecule has 3 amide bonds. The van der Waals surface area contributed by atoms with Crippen LogP contribution in [0.25, 0.3) is 0 Å². The first-order valence-electron chi connectivity index (χ1n) is 17.4. The van der Waals surface area contributed by atoms with Crippen molar-refractivity contribution < 1.29 is 24.2 Å². The Morgan fingerprint density at radius 1 is 0.837 bits per heavy atom. The number of aliphatic hydroxyl groups is 1. The van der Waals surface area contributed by atoms with Gasteiger partial charge in [-0.05, 0) is 55.7 Å². The van der Waals surface area contributed by atoms with Gasteiger partial charge >= 0.3 is 0 Å². The largest absolute Gasteiger partial charge is 0.394 e. The van der Waals surface area contributed by atoms with E-state index in [-0.39, 0.29) is 30.9 Å². The van der Waals surface area contributed by atoms with Crippen LogP contribution in [0.1, 0.15) is 25.0 Å². The monoisotopic (exact) mass is 660 g/mol. The molecule has 1 spiro atoms. The Balaban J connectivity index is 1.29. The van der Waals surface area contributed by atoms with E-state index < -0.39 is 35.6 Å². The number of ether oxygens (including phenoxy) is 1. The molecule has 2 fully saturated rings. The SMILES string of the molecule is CCN(CC)c1ccc(N2CC=C[C@]34O[C@H]5C=CCN(Cc6ccccc6)C(=O)[C@H]5[C@H]3C(=O)N([C@@H](CO)Cc3ccccc3)C4C2=O)cc1. The highest BCUT2D eigenvalue weighted by molar-refractivity contribution is 6.06. The predicted octanol–water partition coefficient (Wildman–Crippen LogP) is 4.22. The molecule has 4 aliphatic rings. The fourth-order valence-electron chi connectivity index (χ4n) is 8.27. The zero-order chi connectivity index (χ0) is 34.1. The van der Waals surface area contributed by atoms with Crippen LogP contribution in [0.3, 0.4) is 0 Å². The van der Waals surface area contributed by atoms with E-state index in [1.807, 2.05) is 109 Å². The Kier molecular flexibility index (Phi) is 9.13. The summed E-state index contributed by atoms with van der Waals surface area (Å²) < 4.78 is 6.87. The quantitative estimate of drug-likeness (QED) is 0.328. The summed E-state index contributed by atoms with van der Waals surface area (Å²) >= 11 is 0. The highest BCUT2D eigenvalue weighted by atomic mass is 16.5. The van der Waals surface area contributed by atoms with Crippen LogP contribution in [0.15, 0.2) is 109 Å². The molecule has 7 rings (SSSR count). The van der Waals surface area contributed by atoms with Gasteiger partial charge in [0.25, 0.3) is 5.91 Å². The van der Waals surface area contributed by atoms with Crippen molar-refractivity contribution in [2.24, 2.45) is 11.8 Å². The fourth-order valence-corrected chi connectivity index (χ4v) is 8.27. The van der Waals surface area contributed by atoms with Crippen molar-refractivity contribution in [3.8, 4) is 0 Å². The van der Waals surface area contributed by atoms with E-state index in [0.29, 0.717) is 25.2 Å². The van der Waals surface area contributed by atoms with Crippen molar-refractivity contribution in [1.82, 2.24) is 9.80 Å². The Hall–Kier alpha value is -4.73. The molecule has 1 unspecified atom stereocenters. The maximum atomic E-state index is 15.0. The van der Waals surface area contributed by atoms with Crippen molar-refractivity contribution in [3.63, 3.8) is 0 Å². The van der Waals surface area contributed by atoms with Crippen LogP contribution in [0.4, 0.5) is 11.4 Å². The van der Waals surface area contributed by atoms with Gasteiger partial charge in [-0.3, -0.25) is 14.4 Å². The zero-order valence-electron chi connectivity index (χ0n) is 28.1. The molecule has 1 N–H and O–H groups in total. The maximum absolute atomic E-state index is 15.0. The van der Waals surface area contributed by atoms with Gasteiger partial charge in [0.15, 0.2) is 0 Å². The molecule has 9 nitrogen and oxygen atoms in total. The van der Waals surface area contributed by atoms with Crippen molar-refractivity contribution >= 4 is 29.1 Å². The molecule has 0 aliphatic carbocycles. The number of hydrogen-bond acceptors (Lipinski definition) is 6. The molecule has 6 atom stereocenters. The third-order valence-corrected chi connectivity index (χ3v) is 10.6. The van der Waals surface area contributed by atoms with E-state index in [2.05, 4.69) is 18.7 Å². The van der Waals surface area contributed by atoms with E-state index in [9.17, 15) is 19.5 Å². The molecular formula is C40H44N4O5. The second-order valence-corrected chi connectivity index (χ2v) is 13.3. The van der Waals surface area contributed by atoms with Crippen LogP contribution >= 0.6 is 0 Å². The maximum Gasteiger partial charge on any atom is 0.253 e. The number of hydrogen-bond donors (Lipinski definition) is 1. The van der Waals surface area contributed by atoms with Gasteiger partial charge < -0.3 is 29.4 Å². The van der Waals surface area contributed by atoms with Gasteiger partial charge in [-0.25, -0.2) is 0 Å². The first kappa shape index (κ1) is 32.8. The highest BCUT2D eigenvalue weighted by Gasteiger charge is 2.72. The molecule has 0 radical (unpaired) electrons. The summed E-state index contributed by atoms with van der Waals surface area (Å²) in [6.07, 6.45) is 7.24. The number of nitrogens with zero attached hydrogens (tertiary/aromatic N) is 4. The van der Waals surface area contributed by atoms with Crippen LogP contribution in [0.2, 0.25) is 0 Å². The molecule has 0 aromatic heterocycles. The number of carbonyl (C=O) groups is 3. The van der Waals surface area contributed by atoms with Crippen LogP contribution in [0.5, 0.6) is 0 Å². The third kappa shape index (κ3) is 5.74. The number of carbonyl (C=O) groups excluding carboxylic acids is 3. The first-order chi connectivity index (χ1) is 23.9. The van der Waals surface area contributed by atoms with Gasteiger partial charge in [0, 0.05) is 44.1 Å². The van der Waals surface area contributed by atoms with E-state index in [1.54, 1.807) is 14.7 Å². The second-order valence-electron chi connectivity index (χ2n) is 13.3. The summed E-state index contributed by atoms with van der Waals surface area (Å²) in [6.45, 7) is 6.67. The first-order valence-corrected chi connectivity index (χ1v) is 17.4. The number of fused-ring (bicyclic) bond motifs is 2. The van der Waals surface area contributed by atoms with E-state index >= 15 is 0 Å². The zero-order valence-corrected chi connectivity index (χ0v) is 28.1. The molecular weight excluding hydrogens is 616 g/mol. The second kappa shape index (κ2) is 13.6. The van der Waals surface area contributed by atoms with Gasteiger partial charge in [0.1, 0.15) is 11.6 Å². The average Bonchev–Trinajstić information content (AvgIpc) is 3.46. The number of anilines is 2. The Morgan fingerprint density at radius 3 is 2.16 bits per heavy atom. The molecule has 3 aromatic carbocycles. The average molecular weight is 661 g/mol. The van der Waals surface area contributed by atoms with Gasteiger partial charge in [0.2, 0.25) is 11.8 Å². The number of likely N-dealkylation sites (tertiary alicyclic amines) is 1. The summed E-state index contributed by atoms with van der Waals surface area (Å²) in [6, 6.07) is 25.6. The molecule has 0 saturated carbocycles. The minimum atomic E-state index is -1.39. The lowest BCUT2D eigenvalue weighted by Crippen LogP contribution is -2.58. The smallest absolute Gasteiger partial charge is 0.253 e. The van der Waals surface area contributed by atoms with Gasteiger partial charge in [0.05, 0.1) is 30.6 Å². The standard InChI is InChI=1S/C40H44N4O5/c1-3-41(4-2)30-18-20-31(21-19-30)43-24-12-22-40-35(34-33(49-40)17-11-23-42(37(34)46)26-29-15-9-6-10-16-29)38(47)44(36(40)39(43)48)32(27-45)25-28-13-7-5-8-14-28/h5-22,32-36,45H,3-4,23-27H2,1-2H3/t32-,33+,34-,35+,36?,40+/m1/s1. The van der Waals surface area contributed by atoms with E-state index in [1.165, 1.54) is 0 Å². The van der Waals surface area contributed by atoms with Crippen LogP contribution in [-0.2, 0) is 32.1 Å². The summed E-state index contributed by atoms with van der Waals surface area (Å²) in [5, 5.41) is 10.9. The topological polar surface area (TPSA) is 93.6 Å². The molecule has 0 bridgehead atoms. The number of aliphatic hydroxyl groups excluding tert-OH is 1. The number of benzene rings is 3. The Bertz CT molecular complexity index is 1720. The summed E-state index contributed by atoms with van der Waals surface area (Å²) in [5.74, 6) is -2.57. The van der Waals surface area contributed by atoms with Crippen molar-refractivity contribution in [3.05, 3.63) is 120 Å². The molecule has 2 saturated heterocycles. The molecule has 9 heteroatoms. The van der Waals surface area contributed by atoms with Crippen LogP contribution < -0.4 is 9.80 Å².